The Morgan fingerprint density at radius 1 is 1.27 bits per heavy atom. The molecule has 0 radical (unpaired) electrons. The average molecular weight is 440 g/mol. The Morgan fingerprint density at radius 3 is 2.73 bits per heavy atom. The van der Waals surface area contributed by atoms with Gasteiger partial charge in [0.25, 0.3) is 0 Å². The highest BCUT2D eigenvalue weighted by atomic mass is 32.1. The molecule has 0 spiro atoms. The lowest BCUT2D eigenvalue weighted by Gasteiger charge is -2.38. The molecule has 3 rings (SSSR count). The van der Waals surface area contributed by atoms with Gasteiger partial charge in [-0.3, -0.25) is 4.79 Å². The standard InChI is InChI=1S/C20H23F3N4O2S/c1-2-13-12-27(8-6-14(13)10-17(28)26-18-24-7-9-30-18)19(29)25-16-5-3-4-15(11-16)20(21,22)23/h3-5,7,9,11,13-14H,2,6,8,10,12H2,1H3,(H,25,29)(H,24,26,28)/t13-,14-/m0/s1. The second kappa shape index (κ2) is 9.46. The number of piperidine rings is 1. The number of benzene rings is 1. The van der Waals surface area contributed by atoms with Crippen LogP contribution in [0.25, 0.3) is 0 Å². The number of nitrogens with zero attached hydrogens (tertiary/aromatic N) is 2. The van der Waals surface area contributed by atoms with Crippen molar-refractivity contribution in [3.8, 4) is 0 Å². The van der Waals surface area contributed by atoms with Gasteiger partial charge in [0.15, 0.2) is 5.13 Å². The minimum absolute atomic E-state index is 0.102. The molecule has 0 unspecified atom stereocenters. The Kier molecular flexibility index (Phi) is 6.96. The molecule has 0 aliphatic carbocycles. The van der Waals surface area contributed by atoms with E-state index in [0.717, 1.165) is 18.6 Å². The molecule has 1 aliphatic heterocycles. The molecule has 1 aliphatic rings. The summed E-state index contributed by atoms with van der Waals surface area (Å²) in [4.78, 5) is 30.5. The zero-order valence-electron chi connectivity index (χ0n) is 16.4. The third kappa shape index (κ3) is 5.71. The van der Waals surface area contributed by atoms with E-state index in [-0.39, 0.29) is 23.4 Å². The summed E-state index contributed by atoms with van der Waals surface area (Å²) in [5.41, 5.74) is -0.704. The van der Waals surface area contributed by atoms with Gasteiger partial charge in [0.05, 0.1) is 5.56 Å². The van der Waals surface area contributed by atoms with Crippen LogP contribution in [0.15, 0.2) is 35.8 Å². The SMILES string of the molecule is CC[C@H]1CN(C(=O)Nc2cccc(C(F)(F)F)c2)CC[C@H]1CC(=O)Nc1nccs1. The first-order valence-electron chi connectivity index (χ1n) is 9.68. The number of aromatic nitrogens is 1. The third-order valence-corrected chi connectivity index (χ3v) is 5.96. The first-order valence-corrected chi connectivity index (χ1v) is 10.6. The van der Waals surface area contributed by atoms with Crippen LogP contribution in [0.1, 0.15) is 31.7 Å². The number of urea groups is 1. The van der Waals surface area contributed by atoms with Gasteiger partial charge in [-0.05, 0) is 36.5 Å². The van der Waals surface area contributed by atoms with E-state index in [1.165, 1.54) is 23.5 Å². The van der Waals surface area contributed by atoms with E-state index in [4.69, 9.17) is 0 Å². The molecule has 0 bridgehead atoms. The van der Waals surface area contributed by atoms with Crippen LogP contribution >= 0.6 is 11.3 Å². The molecule has 10 heteroatoms. The lowest BCUT2D eigenvalue weighted by molar-refractivity contribution is -0.137. The van der Waals surface area contributed by atoms with Crippen molar-refractivity contribution in [2.75, 3.05) is 23.7 Å². The summed E-state index contributed by atoms with van der Waals surface area (Å²) in [5, 5.41) is 7.68. The van der Waals surface area contributed by atoms with E-state index in [2.05, 4.69) is 15.6 Å². The normalized spacial score (nSPS) is 19.4. The minimum atomic E-state index is -4.47. The van der Waals surface area contributed by atoms with E-state index < -0.39 is 17.8 Å². The van der Waals surface area contributed by atoms with Crippen LogP contribution in [-0.2, 0) is 11.0 Å². The van der Waals surface area contributed by atoms with E-state index in [1.54, 1.807) is 16.5 Å². The van der Waals surface area contributed by atoms with E-state index in [1.807, 2.05) is 6.92 Å². The summed E-state index contributed by atoms with van der Waals surface area (Å²) in [6, 6.07) is 4.15. The average Bonchev–Trinajstić information content (AvgIpc) is 3.20. The largest absolute Gasteiger partial charge is 0.416 e. The number of hydrogen-bond donors (Lipinski definition) is 2. The second-order valence-corrected chi connectivity index (χ2v) is 8.16. The summed E-state index contributed by atoms with van der Waals surface area (Å²) in [6.07, 6.45) is -1.05. The third-order valence-electron chi connectivity index (χ3n) is 5.27. The fourth-order valence-corrected chi connectivity index (χ4v) is 4.21. The molecule has 1 aromatic heterocycles. The fraction of sp³-hybridized carbons (Fsp3) is 0.450. The first kappa shape index (κ1) is 22.1. The van der Waals surface area contributed by atoms with Crippen LogP contribution in [0.5, 0.6) is 0 Å². The van der Waals surface area contributed by atoms with E-state index >= 15 is 0 Å². The second-order valence-electron chi connectivity index (χ2n) is 7.26. The molecular formula is C20H23F3N4O2S. The number of amides is 3. The Labute approximate surface area is 176 Å². The molecular weight excluding hydrogens is 417 g/mol. The highest BCUT2D eigenvalue weighted by Gasteiger charge is 2.33. The van der Waals surface area contributed by atoms with Crippen molar-refractivity contribution in [1.29, 1.82) is 0 Å². The zero-order chi connectivity index (χ0) is 21.7. The zero-order valence-corrected chi connectivity index (χ0v) is 17.2. The van der Waals surface area contributed by atoms with E-state index in [9.17, 15) is 22.8 Å². The Balaban J connectivity index is 1.56. The van der Waals surface area contributed by atoms with Gasteiger partial charge in [0.2, 0.25) is 5.91 Å². The number of alkyl halides is 3. The minimum Gasteiger partial charge on any atom is -0.324 e. The van der Waals surface area contributed by atoms with Crippen molar-refractivity contribution in [1.82, 2.24) is 9.88 Å². The fourth-order valence-electron chi connectivity index (χ4n) is 3.67. The molecule has 2 aromatic rings. The molecule has 2 atom stereocenters. The number of halogens is 3. The van der Waals surface area contributed by atoms with Gasteiger partial charge in [0.1, 0.15) is 0 Å². The molecule has 2 N–H and O–H groups in total. The number of carbonyl (C=O) groups excluding carboxylic acids is 2. The Morgan fingerprint density at radius 2 is 2.07 bits per heavy atom. The summed E-state index contributed by atoms with van der Waals surface area (Å²) in [6.45, 7) is 2.90. The summed E-state index contributed by atoms with van der Waals surface area (Å²) in [5.74, 6) is 0.163. The monoisotopic (exact) mass is 440 g/mol. The maximum absolute atomic E-state index is 12.9. The maximum atomic E-state index is 12.9. The van der Waals surface area contributed by atoms with Crippen LogP contribution in [-0.4, -0.2) is 34.9 Å². The number of hydrogen-bond acceptors (Lipinski definition) is 4. The van der Waals surface area contributed by atoms with Crippen molar-refractivity contribution >= 4 is 34.1 Å². The van der Waals surface area contributed by atoms with Gasteiger partial charge < -0.3 is 15.5 Å². The lowest BCUT2D eigenvalue weighted by Crippen LogP contribution is -2.46. The van der Waals surface area contributed by atoms with Crippen LogP contribution in [0, 0.1) is 11.8 Å². The van der Waals surface area contributed by atoms with Crippen LogP contribution in [0.2, 0.25) is 0 Å². The summed E-state index contributed by atoms with van der Waals surface area (Å²) < 4.78 is 38.6. The topological polar surface area (TPSA) is 74.3 Å². The van der Waals surface area contributed by atoms with Crippen LogP contribution < -0.4 is 10.6 Å². The van der Waals surface area contributed by atoms with Crippen molar-refractivity contribution in [3.05, 3.63) is 41.4 Å². The predicted molar refractivity (Wildman–Crippen MR) is 109 cm³/mol. The van der Waals surface area contributed by atoms with Gasteiger partial charge in [0, 0.05) is 36.8 Å². The molecule has 1 fully saturated rings. The molecule has 0 saturated carbocycles. The van der Waals surface area contributed by atoms with Crippen molar-refractivity contribution in [2.45, 2.75) is 32.4 Å². The van der Waals surface area contributed by atoms with Gasteiger partial charge in [-0.25, -0.2) is 9.78 Å². The Hall–Kier alpha value is -2.62. The summed E-state index contributed by atoms with van der Waals surface area (Å²) >= 11 is 1.35. The van der Waals surface area contributed by atoms with Crippen molar-refractivity contribution < 1.29 is 22.8 Å². The quantitative estimate of drug-likeness (QED) is 0.682. The van der Waals surface area contributed by atoms with Gasteiger partial charge in [-0.1, -0.05) is 19.4 Å². The molecule has 1 saturated heterocycles. The molecule has 30 heavy (non-hydrogen) atoms. The number of rotatable bonds is 5. The van der Waals surface area contributed by atoms with Crippen molar-refractivity contribution in [2.24, 2.45) is 11.8 Å². The highest BCUT2D eigenvalue weighted by molar-refractivity contribution is 7.13. The lowest BCUT2D eigenvalue weighted by atomic mass is 9.81. The molecule has 1 aromatic carbocycles. The number of anilines is 2. The van der Waals surface area contributed by atoms with Crippen LogP contribution in [0.4, 0.5) is 28.8 Å². The van der Waals surface area contributed by atoms with Gasteiger partial charge in [-0.15, -0.1) is 11.3 Å². The summed E-state index contributed by atoms with van der Waals surface area (Å²) in [7, 11) is 0. The smallest absolute Gasteiger partial charge is 0.324 e. The van der Waals surface area contributed by atoms with Crippen molar-refractivity contribution in [3.63, 3.8) is 0 Å². The predicted octanol–water partition coefficient (Wildman–Crippen LogP) is 5.07. The first-order chi connectivity index (χ1) is 14.3. The molecule has 6 nitrogen and oxygen atoms in total. The number of carbonyl (C=O) groups is 2. The van der Waals surface area contributed by atoms with Gasteiger partial charge in [-0.2, -0.15) is 13.2 Å². The molecule has 3 amide bonds. The Bertz CT molecular complexity index is 873. The number of nitrogens with one attached hydrogen (secondary N) is 2. The van der Waals surface area contributed by atoms with Gasteiger partial charge >= 0.3 is 12.2 Å². The molecule has 2 heterocycles. The number of likely N-dealkylation sites (tertiary alicyclic amines) is 1. The maximum Gasteiger partial charge on any atom is 0.416 e. The highest BCUT2D eigenvalue weighted by Crippen LogP contribution is 2.32. The van der Waals surface area contributed by atoms with E-state index in [0.29, 0.717) is 31.1 Å². The van der Waals surface area contributed by atoms with Crippen LogP contribution in [0.3, 0.4) is 0 Å². The number of thiazole rings is 1. The molecule has 162 valence electrons.